The highest BCUT2D eigenvalue weighted by Gasteiger charge is 2.14. The molecule has 0 saturated carbocycles. The smallest absolute Gasteiger partial charge is 0.131 e. The summed E-state index contributed by atoms with van der Waals surface area (Å²) < 4.78 is 19.6. The van der Waals surface area contributed by atoms with Crippen molar-refractivity contribution >= 4 is 0 Å². The zero-order valence-electron chi connectivity index (χ0n) is 12.4. The van der Waals surface area contributed by atoms with Crippen LogP contribution in [0.25, 0.3) is 11.1 Å². The van der Waals surface area contributed by atoms with E-state index in [9.17, 15) is 4.39 Å². The lowest BCUT2D eigenvalue weighted by Gasteiger charge is -2.11. The van der Waals surface area contributed by atoms with E-state index < -0.39 is 0 Å². The zero-order chi connectivity index (χ0) is 14.8. The Morgan fingerprint density at radius 2 is 1.90 bits per heavy atom. The minimum Gasteiger partial charge on any atom is -0.372 e. The Hall–Kier alpha value is -1.71. The lowest BCUT2D eigenvalue weighted by Crippen LogP contribution is -2.21. The van der Waals surface area contributed by atoms with Gasteiger partial charge >= 0.3 is 0 Å². The maximum Gasteiger partial charge on any atom is 0.131 e. The molecule has 0 unspecified atom stereocenters. The second-order valence-corrected chi connectivity index (χ2v) is 5.83. The van der Waals surface area contributed by atoms with Crippen LogP contribution in [-0.2, 0) is 24.5 Å². The molecule has 3 rings (SSSR count). The molecule has 21 heavy (non-hydrogen) atoms. The normalized spacial score (nSPS) is 13.7. The molecule has 0 radical (unpaired) electrons. The Morgan fingerprint density at radius 1 is 1.10 bits per heavy atom. The summed E-state index contributed by atoms with van der Waals surface area (Å²) in [6, 6.07) is 11.8. The van der Waals surface area contributed by atoms with Gasteiger partial charge < -0.3 is 10.1 Å². The fourth-order valence-corrected chi connectivity index (χ4v) is 2.57. The maximum atomic E-state index is 14.2. The number of benzene rings is 2. The molecular formula is C18H20FNO. The average molecular weight is 285 g/mol. The highest BCUT2D eigenvalue weighted by molar-refractivity contribution is 5.66. The SMILES string of the molecule is CC(C)NCc1ccc(F)c(-c2ccc3c(c2)COC3)c1. The fourth-order valence-electron chi connectivity index (χ4n) is 2.57. The molecule has 110 valence electrons. The van der Waals surface area contributed by atoms with Crippen LogP contribution in [0.1, 0.15) is 30.5 Å². The van der Waals surface area contributed by atoms with Crippen molar-refractivity contribution in [1.29, 1.82) is 0 Å². The zero-order valence-corrected chi connectivity index (χ0v) is 12.4. The number of rotatable bonds is 4. The van der Waals surface area contributed by atoms with Gasteiger partial charge in [0.2, 0.25) is 0 Å². The van der Waals surface area contributed by atoms with Crippen molar-refractivity contribution in [2.24, 2.45) is 0 Å². The number of fused-ring (bicyclic) bond motifs is 1. The van der Waals surface area contributed by atoms with E-state index in [0.717, 1.165) is 23.2 Å². The molecule has 2 nitrogen and oxygen atoms in total. The van der Waals surface area contributed by atoms with E-state index in [4.69, 9.17) is 4.74 Å². The molecule has 0 fully saturated rings. The fraction of sp³-hybridized carbons (Fsp3) is 0.333. The summed E-state index contributed by atoms with van der Waals surface area (Å²) in [6.45, 7) is 6.24. The highest BCUT2D eigenvalue weighted by atomic mass is 19.1. The summed E-state index contributed by atoms with van der Waals surface area (Å²) in [5, 5.41) is 3.36. The van der Waals surface area contributed by atoms with Gasteiger partial charge in [0.15, 0.2) is 0 Å². The molecule has 1 aliphatic rings. The van der Waals surface area contributed by atoms with Gasteiger partial charge in [0.1, 0.15) is 5.82 Å². The lowest BCUT2D eigenvalue weighted by molar-refractivity contribution is 0.134. The Labute approximate surface area is 125 Å². The summed E-state index contributed by atoms with van der Waals surface area (Å²) in [7, 11) is 0. The molecular weight excluding hydrogens is 265 g/mol. The van der Waals surface area contributed by atoms with E-state index in [0.29, 0.717) is 24.8 Å². The molecule has 0 spiro atoms. The first-order chi connectivity index (χ1) is 10.1. The van der Waals surface area contributed by atoms with Crippen molar-refractivity contribution in [1.82, 2.24) is 5.32 Å². The van der Waals surface area contributed by atoms with Crippen molar-refractivity contribution in [2.45, 2.75) is 39.6 Å². The van der Waals surface area contributed by atoms with Crippen molar-refractivity contribution in [3.05, 3.63) is 58.9 Å². The molecule has 0 aliphatic carbocycles. The Kier molecular flexibility index (Phi) is 4.04. The first-order valence-corrected chi connectivity index (χ1v) is 7.35. The topological polar surface area (TPSA) is 21.3 Å². The van der Waals surface area contributed by atoms with Crippen molar-refractivity contribution in [3.8, 4) is 11.1 Å². The molecule has 0 bridgehead atoms. The van der Waals surface area contributed by atoms with Crippen molar-refractivity contribution in [3.63, 3.8) is 0 Å². The van der Waals surface area contributed by atoms with E-state index in [-0.39, 0.29) is 5.82 Å². The van der Waals surface area contributed by atoms with Crippen LogP contribution < -0.4 is 5.32 Å². The Morgan fingerprint density at radius 3 is 2.71 bits per heavy atom. The van der Waals surface area contributed by atoms with E-state index >= 15 is 0 Å². The Bertz CT molecular complexity index is 652. The summed E-state index contributed by atoms with van der Waals surface area (Å²) in [4.78, 5) is 0. The van der Waals surface area contributed by atoms with Gasteiger partial charge in [-0.15, -0.1) is 0 Å². The van der Waals surface area contributed by atoms with Crippen LogP contribution in [0.3, 0.4) is 0 Å². The molecule has 1 heterocycles. The summed E-state index contributed by atoms with van der Waals surface area (Å²) in [6.07, 6.45) is 0. The lowest BCUT2D eigenvalue weighted by atomic mass is 9.98. The molecule has 3 heteroatoms. The predicted molar refractivity (Wildman–Crippen MR) is 82.3 cm³/mol. The van der Waals surface area contributed by atoms with E-state index in [1.165, 1.54) is 5.56 Å². The van der Waals surface area contributed by atoms with Crippen LogP contribution in [-0.4, -0.2) is 6.04 Å². The van der Waals surface area contributed by atoms with Gasteiger partial charge in [0, 0.05) is 18.2 Å². The highest BCUT2D eigenvalue weighted by Crippen LogP contribution is 2.29. The maximum absolute atomic E-state index is 14.2. The van der Waals surface area contributed by atoms with Crippen LogP contribution in [0, 0.1) is 5.82 Å². The van der Waals surface area contributed by atoms with Gasteiger partial charge in [-0.05, 0) is 40.5 Å². The quantitative estimate of drug-likeness (QED) is 0.916. The first-order valence-electron chi connectivity index (χ1n) is 7.35. The molecule has 1 aliphatic heterocycles. The van der Waals surface area contributed by atoms with Crippen molar-refractivity contribution < 1.29 is 9.13 Å². The molecule has 1 N–H and O–H groups in total. The van der Waals surface area contributed by atoms with Gasteiger partial charge in [0.05, 0.1) is 13.2 Å². The summed E-state index contributed by atoms with van der Waals surface area (Å²) in [5.41, 5.74) is 5.04. The third kappa shape index (κ3) is 3.14. The van der Waals surface area contributed by atoms with Crippen LogP contribution >= 0.6 is 0 Å². The monoisotopic (exact) mass is 285 g/mol. The third-order valence-corrected chi connectivity index (χ3v) is 3.78. The molecule has 0 aromatic heterocycles. The second-order valence-electron chi connectivity index (χ2n) is 5.83. The molecule has 0 saturated heterocycles. The minimum absolute atomic E-state index is 0.179. The average Bonchev–Trinajstić information content (AvgIpc) is 2.93. The summed E-state index contributed by atoms with van der Waals surface area (Å²) >= 11 is 0. The molecule has 0 atom stereocenters. The molecule has 2 aromatic rings. The van der Waals surface area contributed by atoms with Gasteiger partial charge in [-0.25, -0.2) is 4.39 Å². The number of halogens is 1. The molecule has 2 aromatic carbocycles. The van der Waals surface area contributed by atoms with Gasteiger partial charge in [-0.2, -0.15) is 0 Å². The van der Waals surface area contributed by atoms with Crippen molar-refractivity contribution in [2.75, 3.05) is 0 Å². The van der Waals surface area contributed by atoms with E-state index in [1.807, 2.05) is 30.3 Å². The summed E-state index contributed by atoms with van der Waals surface area (Å²) in [5.74, 6) is -0.179. The van der Waals surface area contributed by atoms with Crippen LogP contribution in [0.15, 0.2) is 36.4 Å². The second kappa shape index (κ2) is 5.96. The number of hydrogen-bond acceptors (Lipinski definition) is 2. The van der Waals surface area contributed by atoms with Crippen LogP contribution in [0.2, 0.25) is 0 Å². The van der Waals surface area contributed by atoms with Gasteiger partial charge in [0.25, 0.3) is 0 Å². The van der Waals surface area contributed by atoms with Gasteiger partial charge in [-0.3, -0.25) is 0 Å². The van der Waals surface area contributed by atoms with Crippen LogP contribution in [0.4, 0.5) is 4.39 Å². The number of nitrogens with one attached hydrogen (secondary N) is 1. The predicted octanol–water partition coefficient (Wildman–Crippen LogP) is 4.02. The Balaban J connectivity index is 1.92. The number of hydrogen-bond donors (Lipinski definition) is 1. The third-order valence-electron chi connectivity index (χ3n) is 3.78. The largest absolute Gasteiger partial charge is 0.372 e. The van der Waals surface area contributed by atoms with Gasteiger partial charge in [-0.1, -0.05) is 32.0 Å². The molecule has 0 amide bonds. The van der Waals surface area contributed by atoms with Crippen LogP contribution in [0.5, 0.6) is 0 Å². The number of ether oxygens (including phenoxy) is 1. The standard InChI is InChI=1S/C18H20FNO/c1-12(2)20-9-13-3-6-18(19)17(7-13)14-4-5-15-10-21-11-16(15)8-14/h3-8,12,20H,9-11H2,1-2H3. The first kappa shape index (κ1) is 14.2. The van der Waals surface area contributed by atoms with E-state index in [1.54, 1.807) is 6.07 Å². The minimum atomic E-state index is -0.179. The van der Waals surface area contributed by atoms with E-state index in [2.05, 4.69) is 19.2 Å².